The van der Waals surface area contributed by atoms with Crippen LogP contribution in [0.15, 0.2) is 24.3 Å². The van der Waals surface area contributed by atoms with Gasteiger partial charge in [0.2, 0.25) is 5.13 Å². The molecule has 0 bridgehead atoms. The van der Waals surface area contributed by atoms with Gasteiger partial charge in [-0.1, -0.05) is 26.0 Å². The van der Waals surface area contributed by atoms with E-state index in [9.17, 15) is 5.11 Å². The van der Waals surface area contributed by atoms with Gasteiger partial charge in [-0.2, -0.15) is 4.37 Å². The molecule has 0 fully saturated rings. The smallest absolute Gasteiger partial charge is 0.203 e. The van der Waals surface area contributed by atoms with Crippen LogP contribution in [0.3, 0.4) is 0 Å². The number of aromatic hydroxyl groups is 1. The zero-order valence-corrected chi connectivity index (χ0v) is 12.2. The van der Waals surface area contributed by atoms with E-state index >= 15 is 0 Å². The second kappa shape index (κ2) is 6.02. The Kier molecular flexibility index (Phi) is 4.37. The molecular formula is C14H19N3OS. The number of hydrogen-bond donors (Lipinski definition) is 2. The van der Waals surface area contributed by atoms with Crippen LogP contribution in [-0.2, 0) is 6.42 Å². The van der Waals surface area contributed by atoms with E-state index in [1.54, 1.807) is 12.1 Å². The molecule has 2 rings (SSSR count). The van der Waals surface area contributed by atoms with E-state index in [-0.39, 0.29) is 11.8 Å². The highest BCUT2D eigenvalue weighted by molar-refractivity contribution is 7.09. The van der Waals surface area contributed by atoms with E-state index in [2.05, 4.69) is 28.5 Å². The van der Waals surface area contributed by atoms with Crippen molar-refractivity contribution in [3.63, 3.8) is 0 Å². The van der Waals surface area contributed by atoms with E-state index in [4.69, 9.17) is 0 Å². The number of aromatic nitrogens is 2. The molecule has 1 aromatic carbocycles. The van der Waals surface area contributed by atoms with Crippen LogP contribution in [0.5, 0.6) is 5.75 Å². The lowest BCUT2D eigenvalue weighted by molar-refractivity contribution is 0.474. The molecule has 0 amide bonds. The van der Waals surface area contributed by atoms with Crippen molar-refractivity contribution >= 4 is 16.7 Å². The Labute approximate surface area is 117 Å². The van der Waals surface area contributed by atoms with Gasteiger partial charge in [0.1, 0.15) is 11.6 Å². The van der Waals surface area contributed by atoms with Crippen LogP contribution in [0.25, 0.3) is 0 Å². The van der Waals surface area contributed by atoms with E-state index in [0.717, 1.165) is 22.9 Å². The monoisotopic (exact) mass is 277 g/mol. The lowest BCUT2D eigenvalue weighted by Gasteiger charge is -2.12. The number of phenols is 1. The molecule has 4 nitrogen and oxygen atoms in total. The molecule has 0 saturated carbocycles. The Balaban J connectivity index is 2.02. The Morgan fingerprint density at radius 2 is 2.11 bits per heavy atom. The van der Waals surface area contributed by atoms with E-state index in [1.165, 1.54) is 11.5 Å². The molecule has 0 aliphatic rings. The summed E-state index contributed by atoms with van der Waals surface area (Å²) in [7, 11) is 0. The first-order valence-electron chi connectivity index (χ1n) is 6.42. The highest BCUT2D eigenvalue weighted by Gasteiger charge is 2.10. The van der Waals surface area contributed by atoms with E-state index < -0.39 is 0 Å². The third-order valence-electron chi connectivity index (χ3n) is 2.77. The molecule has 0 aliphatic heterocycles. The Morgan fingerprint density at radius 1 is 1.32 bits per heavy atom. The average Bonchev–Trinajstić information content (AvgIpc) is 2.75. The van der Waals surface area contributed by atoms with Crippen molar-refractivity contribution in [1.29, 1.82) is 0 Å². The second-order valence-electron chi connectivity index (χ2n) is 5.07. The fourth-order valence-electron chi connectivity index (χ4n) is 1.82. The van der Waals surface area contributed by atoms with Gasteiger partial charge in [-0.15, -0.1) is 0 Å². The van der Waals surface area contributed by atoms with Crippen molar-refractivity contribution in [3.8, 4) is 5.75 Å². The molecule has 2 aromatic rings. The highest BCUT2D eigenvalue weighted by atomic mass is 32.1. The summed E-state index contributed by atoms with van der Waals surface area (Å²) in [6.07, 6.45) is 0.901. The van der Waals surface area contributed by atoms with Crippen LogP contribution in [0.1, 0.15) is 38.2 Å². The third-order valence-corrected chi connectivity index (χ3v) is 3.45. The SMILES string of the molecule is CC(C)Cc1nsc(NC(C)c2cccc(O)c2)n1. The molecule has 1 aromatic heterocycles. The zero-order chi connectivity index (χ0) is 13.8. The Hall–Kier alpha value is -1.62. The molecule has 102 valence electrons. The summed E-state index contributed by atoms with van der Waals surface area (Å²) < 4.78 is 4.34. The zero-order valence-electron chi connectivity index (χ0n) is 11.4. The van der Waals surface area contributed by atoms with Gasteiger partial charge in [0.05, 0.1) is 6.04 Å². The predicted molar refractivity (Wildman–Crippen MR) is 78.6 cm³/mol. The van der Waals surface area contributed by atoms with Gasteiger partial charge >= 0.3 is 0 Å². The first-order chi connectivity index (χ1) is 9.04. The molecule has 19 heavy (non-hydrogen) atoms. The maximum absolute atomic E-state index is 9.48. The molecule has 0 radical (unpaired) electrons. The van der Waals surface area contributed by atoms with Gasteiger partial charge in [-0.25, -0.2) is 4.98 Å². The fourth-order valence-corrected chi connectivity index (χ4v) is 2.51. The summed E-state index contributed by atoms with van der Waals surface area (Å²) in [6, 6.07) is 7.34. The van der Waals surface area contributed by atoms with Gasteiger partial charge in [-0.3, -0.25) is 0 Å². The lowest BCUT2D eigenvalue weighted by Crippen LogP contribution is -2.06. The minimum atomic E-state index is 0.0898. The lowest BCUT2D eigenvalue weighted by atomic mass is 10.1. The fraction of sp³-hybridized carbons (Fsp3) is 0.429. The molecule has 1 heterocycles. The number of benzene rings is 1. The van der Waals surface area contributed by atoms with E-state index in [1.807, 2.05) is 19.1 Å². The second-order valence-corrected chi connectivity index (χ2v) is 5.83. The van der Waals surface area contributed by atoms with Crippen LogP contribution >= 0.6 is 11.5 Å². The summed E-state index contributed by atoms with van der Waals surface area (Å²) in [5.74, 6) is 1.74. The van der Waals surface area contributed by atoms with E-state index in [0.29, 0.717) is 5.92 Å². The van der Waals surface area contributed by atoms with Crippen LogP contribution in [0.2, 0.25) is 0 Å². The molecule has 2 N–H and O–H groups in total. The number of nitrogens with zero attached hydrogens (tertiary/aromatic N) is 2. The molecule has 1 atom stereocenters. The minimum Gasteiger partial charge on any atom is -0.508 e. The summed E-state index contributed by atoms with van der Waals surface area (Å²) in [6.45, 7) is 6.35. The standard InChI is InChI=1S/C14H19N3OS/c1-9(2)7-13-16-14(19-17-13)15-10(3)11-5-4-6-12(18)8-11/h4-6,8-10,18H,7H2,1-3H3,(H,15,16,17). The van der Waals surface area contributed by atoms with Crippen molar-refractivity contribution < 1.29 is 5.11 Å². The van der Waals surface area contributed by atoms with Crippen molar-refractivity contribution in [2.75, 3.05) is 5.32 Å². The molecule has 1 unspecified atom stereocenters. The molecule has 0 saturated heterocycles. The third kappa shape index (κ3) is 3.92. The van der Waals surface area contributed by atoms with Gasteiger partial charge in [0.15, 0.2) is 0 Å². The van der Waals surface area contributed by atoms with Crippen LogP contribution in [-0.4, -0.2) is 14.5 Å². The van der Waals surface area contributed by atoms with Crippen LogP contribution < -0.4 is 5.32 Å². The summed E-state index contributed by atoms with van der Waals surface area (Å²) in [4.78, 5) is 4.47. The predicted octanol–water partition coefficient (Wildman–Crippen LogP) is 3.62. The summed E-state index contributed by atoms with van der Waals surface area (Å²) in [5, 5.41) is 13.6. The molecular weight excluding hydrogens is 258 g/mol. The quantitative estimate of drug-likeness (QED) is 0.876. The van der Waals surface area contributed by atoms with Crippen molar-refractivity contribution in [2.45, 2.75) is 33.2 Å². The highest BCUT2D eigenvalue weighted by Crippen LogP contribution is 2.23. The summed E-state index contributed by atoms with van der Waals surface area (Å²) in [5.41, 5.74) is 1.03. The normalized spacial score (nSPS) is 12.6. The van der Waals surface area contributed by atoms with Crippen LogP contribution in [0.4, 0.5) is 5.13 Å². The maximum Gasteiger partial charge on any atom is 0.203 e. The molecule has 5 heteroatoms. The molecule has 0 aliphatic carbocycles. The Bertz CT molecular complexity index is 539. The van der Waals surface area contributed by atoms with Crippen molar-refractivity contribution in [3.05, 3.63) is 35.7 Å². The number of phenolic OH excluding ortho intramolecular Hbond substituents is 1. The maximum atomic E-state index is 9.48. The number of hydrogen-bond acceptors (Lipinski definition) is 5. The minimum absolute atomic E-state index is 0.0898. The van der Waals surface area contributed by atoms with Crippen molar-refractivity contribution in [1.82, 2.24) is 9.36 Å². The summed E-state index contributed by atoms with van der Waals surface area (Å²) >= 11 is 1.38. The van der Waals surface area contributed by atoms with Gasteiger partial charge in [-0.05, 0) is 30.5 Å². The first kappa shape index (κ1) is 13.8. The van der Waals surface area contributed by atoms with Crippen LogP contribution in [0, 0.1) is 5.92 Å². The average molecular weight is 277 g/mol. The number of nitrogens with one attached hydrogen (secondary N) is 1. The van der Waals surface area contributed by atoms with Gasteiger partial charge < -0.3 is 10.4 Å². The topological polar surface area (TPSA) is 58.0 Å². The van der Waals surface area contributed by atoms with Gasteiger partial charge in [0, 0.05) is 18.0 Å². The molecule has 0 spiro atoms. The largest absolute Gasteiger partial charge is 0.508 e. The van der Waals surface area contributed by atoms with Crippen molar-refractivity contribution in [2.24, 2.45) is 5.92 Å². The number of anilines is 1. The number of rotatable bonds is 5. The first-order valence-corrected chi connectivity index (χ1v) is 7.20. The Morgan fingerprint density at radius 3 is 2.79 bits per heavy atom. The van der Waals surface area contributed by atoms with Gasteiger partial charge in [0.25, 0.3) is 0 Å².